The van der Waals surface area contributed by atoms with Gasteiger partial charge in [0, 0.05) is 24.1 Å². The Balaban J connectivity index is 2.18. The maximum Gasteiger partial charge on any atom is 0.262 e. The molecule has 1 aromatic carbocycles. The van der Waals surface area contributed by atoms with Crippen LogP contribution in [0.5, 0.6) is 0 Å². The number of rotatable bonds is 5. The second kappa shape index (κ2) is 7.68. The van der Waals surface area contributed by atoms with E-state index in [9.17, 15) is 9.59 Å². The van der Waals surface area contributed by atoms with Crippen LogP contribution in [0.15, 0.2) is 40.1 Å². The molecule has 0 bridgehead atoms. The monoisotopic (exact) mass is 332 g/mol. The van der Waals surface area contributed by atoms with Crippen LogP contribution in [-0.4, -0.2) is 29.8 Å². The number of fused-ring (bicyclic) bond motifs is 1. The molecular formula is C18H24N2O2S. The highest BCUT2D eigenvalue weighted by Crippen LogP contribution is 2.37. The van der Waals surface area contributed by atoms with Crippen molar-refractivity contribution < 1.29 is 9.59 Å². The van der Waals surface area contributed by atoms with Gasteiger partial charge in [0.1, 0.15) is 0 Å². The highest BCUT2D eigenvalue weighted by Gasteiger charge is 2.23. The van der Waals surface area contributed by atoms with E-state index in [1.54, 1.807) is 0 Å². The van der Waals surface area contributed by atoms with E-state index < -0.39 is 0 Å². The van der Waals surface area contributed by atoms with Crippen LogP contribution in [0.1, 0.15) is 27.7 Å². The molecule has 1 heterocycles. The first-order valence-corrected chi connectivity index (χ1v) is 8.77. The first-order chi connectivity index (χ1) is 10.9. The lowest BCUT2D eigenvalue weighted by atomic mass is 10.1. The molecule has 1 aliphatic rings. The van der Waals surface area contributed by atoms with Gasteiger partial charge in [-0.2, -0.15) is 0 Å². The quantitative estimate of drug-likeness (QED) is 0.835. The molecule has 0 aromatic heterocycles. The molecule has 1 N–H and O–H groups in total. The van der Waals surface area contributed by atoms with E-state index in [0.29, 0.717) is 29.8 Å². The predicted octanol–water partition coefficient (Wildman–Crippen LogP) is 3.76. The molecule has 0 atom stereocenters. The van der Waals surface area contributed by atoms with Crippen molar-refractivity contribution in [3.8, 4) is 0 Å². The van der Waals surface area contributed by atoms with E-state index in [0.717, 1.165) is 10.6 Å². The van der Waals surface area contributed by atoms with Crippen molar-refractivity contribution in [2.75, 3.05) is 18.4 Å². The van der Waals surface area contributed by atoms with Gasteiger partial charge in [0.25, 0.3) is 5.91 Å². The molecule has 0 radical (unpaired) electrons. The molecule has 0 fully saturated rings. The van der Waals surface area contributed by atoms with Crippen LogP contribution in [0.25, 0.3) is 0 Å². The van der Waals surface area contributed by atoms with Crippen molar-refractivity contribution in [1.29, 1.82) is 0 Å². The van der Waals surface area contributed by atoms with E-state index in [4.69, 9.17) is 0 Å². The smallest absolute Gasteiger partial charge is 0.262 e. The zero-order chi connectivity index (χ0) is 17.0. The molecule has 5 heteroatoms. The molecule has 0 saturated heterocycles. The largest absolute Gasteiger partial charge is 0.339 e. The summed E-state index contributed by atoms with van der Waals surface area (Å²) in [5.74, 6) is 0.481. The molecule has 1 aromatic rings. The van der Waals surface area contributed by atoms with Crippen molar-refractivity contribution in [3.63, 3.8) is 0 Å². The number of nitrogens with zero attached hydrogens (tertiary/aromatic N) is 1. The van der Waals surface area contributed by atoms with Gasteiger partial charge in [-0.15, -0.1) is 0 Å². The molecule has 2 rings (SSSR count). The van der Waals surface area contributed by atoms with Gasteiger partial charge < -0.3 is 10.2 Å². The van der Waals surface area contributed by atoms with Crippen molar-refractivity contribution in [3.05, 3.63) is 35.2 Å². The molecule has 0 aliphatic carbocycles. The van der Waals surface area contributed by atoms with Gasteiger partial charge >= 0.3 is 0 Å². The summed E-state index contributed by atoms with van der Waals surface area (Å²) in [6.07, 6.45) is 1.47. The first-order valence-electron chi connectivity index (χ1n) is 7.95. The van der Waals surface area contributed by atoms with E-state index in [-0.39, 0.29) is 11.8 Å². The van der Waals surface area contributed by atoms with Gasteiger partial charge in [0.15, 0.2) is 0 Å². The molecule has 4 nitrogen and oxygen atoms in total. The topological polar surface area (TPSA) is 49.4 Å². The van der Waals surface area contributed by atoms with Gasteiger partial charge in [-0.3, -0.25) is 9.59 Å². The Morgan fingerprint density at radius 1 is 1.17 bits per heavy atom. The number of hydrogen-bond donors (Lipinski definition) is 1. The Morgan fingerprint density at radius 2 is 1.78 bits per heavy atom. The summed E-state index contributed by atoms with van der Waals surface area (Å²) < 4.78 is 0. The fraction of sp³-hybridized carbons (Fsp3) is 0.444. The number of anilines is 1. The summed E-state index contributed by atoms with van der Waals surface area (Å²) in [5.41, 5.74) is 0.799. The minimum absolute atomic E-state index is 0.0931. The van der Waals surface area contributed by atoms with Crippen molar-refractivity contribution in [2.24, 2.45) is 11.8 Å². The number of carbonyl (C=O) groups is 2. The number of benzene rings is 1. The number of thioether (sulfide) groups is 1. The van der Waals surface area contributed by atoms with Crippen LogP contribution in [0, 0.1) is 11.8 Å². The first kappa shape index (κ1) is 17.6. The number of carbonyl (C=O) groups excluding carboxylic acids is 2. The highest BCUT2D eigenvalue weighted by molar-refractivity contribution is 8.04. The van der Waals surface area contributed by atoms with Gasteiger partial charge in [-0.05, 0) is 24.0 Å². The second-order valence-electron chi connectivity index (χ2n) is 6.59. The lowest BCUT2D eigenvalue weighted by molar-refractivity contribution is -0.127. The van der Waals surface area contributed by atoms with E-state index in [2.05, 4.69) is 33.0 Å². The van der Waals surface area contributed by atoms with Crippen LogP contribution in [0.4, 0.5) is 5.69 Å². The number of nitrogens with one attached hydrogen (secondary N) is 1. The number of para-hydroxylation sites is 1. The van der Waals surface area contributed by atoms with Crippen LogP contribution >= 0.6 is 11.8 Å². The fourth-order valence-corrected chi connectivity index (χ4v) is 3.36. The molecule has 1 aliphatic heterocycles. The Kier molecular flexibility index (Phi) is 5.88. The minimum atomic E-state index is -0.212. The molecule has 0 spiro atoms. The standard InChI is InChI=1S/C18H24N2O2S/c1-12(2)10-20(11-13(3)4)17(21)9-16-18(22)19-14-7-5-6-8-15(14)23-16/h5-9,12-13H,10-11H2,1-4H3,(H,19,22)/b16-9+. The lowest BCUT2D eigenvalue weighted by Crippen LogP contribution is -2.36. The van der Waals surface area contributed by atoms with E-state index >= 15 is 0 Å². The summed E-state index contributed by atoms with van der Waals surface area (Å²) in [6, 6.07) is 7.61. The fourth-order valence-electron chi connectivity index (χ4n) is 2.44. The Labute approximate surface area is 142 Å². The van der Waals surface area contributed by atoms with Crippen molar-refractivity contribution in [1.82, 2.24) is 4.90 Å². The minimum Gasteiger partial charge on any atom is -0.339 e. The maximum absolute atomic E-state index is 12.6. The zero-order valence-corrected chi connectivity index (χ0v) is 14.9. The van der Waals surface area contributed by atoms with E-state index in [1.807, 2.05) is 29.2 Å². The maximum atomic E-state index is 12.6. The molecular weight excluding hydrogens is 308 g/mol. The van der Waals surface area contributed by atoms with Gasteiger partial charge in [-0.1, -0.05) is 51.6 Å². The SMILES string of the molecule is CC(C)CN(CC(C)C)C(=O)/C=C1/Sc2ccccc2NC1=O. The molecule has 23 heavy (non-hydrogen) atoms. The third-order valence-corrected chi connectivity index (χ3v) is 4.42. The third kappa shape index (κ3) is 4.86. The highest BCUT2D eigenvalue weighted by atomic mass is 32.2. The van der Waals surface area contributed by atoms with Crippen LogP contribution in [-0.2, 0) is 9.59 Å². The molecule has 124 valence electrons. The molecule has 2 amide bonds. The second-order valence-corrected chi connectivity index (χ2v) is 7.68. The van der Waals surface area contributed by atoms with Crippen LogP contribution in [0.3, 0.4) is 0 Å². The van der Waals surface area contributed by atoms with E-state index in [1.165, 1.54) is 17.8 Å². The van der Waals surface area contributed by atoms with Crippen molar-refractivity contribution in [2.45, 2.75) is 32.6 Å². The molecule has 0 unspecified atom stereocenters. The zero-order valence-electron chi connectivity index (χ0n) is 14.1. The number of amides is 2. The molecule has 0 saturated carbocycles. The average molecular weight is 332 g/mol. The Morgan fingerprint density at radius 3 is 2.39 bits per heavy atom. The summed E-state index contributed by atoms with van der Waals surface area (Å²) >= 11 is 1.35. The normalized spacial score (nSPS) is 15.7. The predicted molar refractivity (Wildman–Crippen MR) is 95.3 cm³/mol. The summed E-state index contributed by atoms with van der Waals surface area (Å²) in [4.78, 5) is 28.0. The Bertz CT molecular complexity index is 613. The average Bonchev–Trinajstić information content (AvgIpc) is 2.46. The number of hydrogen-bond acceptors (Lipinski definition) is 3. The van der Waals surface area contributed by atoms with Gasteiger partial charge in [0.2, 0.25) is 5.91 Å². The van der Waals surface area contributed by atoms with Crippen LogP contribution < -0.4 is 5.32 Å². The lowest BCUT2D eigenvalue weighted by Gasteiger charge is -2.26. The van der Waals surface area contributed by atoms with Crippen molar-refractivity contribution >= 4 is 29.3 Å². The summed E-state index contributed by atoms with van der Waals surface area (Å²) in [7, 11) is 0. The summed E-state index contributed by atoms with van der Waals surface area (Å²) in [5, 5.41) is 2.84. The van der Waals surface area contributed by atoms with Gasteiger partial charge in [-0.25, -0.2) is 0 Å². The Hall–Kier alpha value is -1.75. The van der Waals surface area contributed by atoms with Crippen LogP contribution in [0.2, 0.25) is 0 Å². The van der Waals surface area contributed by atoms with Gasteiger partial charge in [0.05, 0.1) is 10.6 Å². The third-order valence-electron chi connectivity index (χ3n) is 3.32. The summed E-state index contributed by atoms with van der Waals surface area (Å²) in [6.45, 7) is 9.75.